The van der Waals surface area contributed by atoms with Crippen molar-refractivity contribution in [2.75, 3.05) is 17.2 Å². The molecule has 222 valence electrons. The van der Waals surface area contributed by atoms with Gasteiger partial charge >= 0.3 is 12.4 Å². The minimum atomic E-state index is -4.76. The van der Waals surface area contributed by atoms with E-state index in [-0.39, 0.29) is 11.0 Å². The van der Waals surface area contributed by atoms with Gasteiger partial charge in [-0.3, -0.25) is 9.69 Å². The van der Waals surface area contributed by atoms with Gasteiger partial charge in [-0.25, -0.2) is 14.5 Å². The van der Waals surface area contributed by atoms with Crippen molar-refractivity contribution in [3.05, 3.63) is 90.3 Å². The second kappa shape index (κ2) is 13.1. The van der Waals surface area contributed by atoms with Crippen LogP contribution in [0.3, 0.4) is 0 Å². The molecule has 43 heavy (non-hydrogen) atoms. The van der Waals surface area contributed by atoms with Gasteiger partial charge in [-0.05, 0) is 60.4 Å². The van der Waals surface area contributed by atoms with E-state index in [0.717, 1.165) is 47.0 Å². The molecule has 0 saturated carbocycles. The van der Waals surface area contributed by atoms with Crippen molar-refractivity contribution < 1.29 is 27.5 Å². The predicted molar refractivity (Wildman–Crippen MR) is 159 cm³/mol. The topological polar surface area (TPSA) is 102 Å². The molecule has 0 spiro atoms. The number of benzene rings is 3. The molecule has 1 aromatic heterocycles. The largest absolute Gasteiger partial charge is 0.573 e. The van der Waals surface area contributed by atoms with Crippen molar-refractivity contribution in [2.24, 2.45) is 4.99 Å². The molecule has 1 fully saturated rings. The van der Waals surface area contributed by atoms with Crippen LogP contribution in [0, 0.1) is 0 Å². The zero-order chi connectivity index (χ0) is 30.4. The molecule has 1 aliphatic heterocycles. The van der Waals surface area contributed by atoms with E-state index in [0.29, 0.717) is 36.1 Å². The summed E-state index contributed by atoms with van der Waals surface area (Å²) in [7, 11) is 0. The Kier molecular flexibility index (Phi) is 9.10. The van der Waals surface area contributed by atoms with Crippen LogP contribution in [0.5, 0.6) is 5.75 Å². The summed E-state index contributed by atoms with van der Waals surface area (Å²) in [6.45, 7) is 2.39. The first kappa shape index (κ1) is 29.8. The van der Waals surface area contributed by atoms with Crippen LogP contribution in [-0.4, -0.2) is 50.5 Å². The lowest BCUT2D eigenvalue weighted by molar-refractivity contribution is -0.274. The highest BCUT2D eigenvalue weighted by molar-refractivity contribution is 8.15. The summed E-state index contributed by atoms with van der Waals surface area (Å²) < 4.78 is 42.6. The monoisotopic (exact) mass is 608 g/mol. The van der Waals surface area contributed by atoms with Gasteiger partial charge in [0.1, 0.15) is 17.9 Å². The number of thioether (sulfide) groups is 1. The number of halogens is 3. The first-order chi connectivity index (χ1) is 20.7. The number of para-hydroxylation sites is 1. The Morgan fingerprint density at radius 1 is 1.07 bits per heavy atom. The Hall–Kier alpha value is -4.65. The number of aliphatic imine (C=N–C) groups is 1. The van der Waals surface area contributed by atoms with E-state index >= 15 is 0 Å². The van der Waals surface area contributed by atoms with Crippen LogP contribution >= 0.6 is 11.8 Å². The fourth-order valence-electron chi connectivity index (χ4n) is 4.55. The molecule has 9 nitrogen and oxygen atoms in total. The maximum atomic E-state index is 12.7. The summed E-state index contributed by atoms with van der Waals surface area (Å²) in [5, 5.41) is 7.08. The summed E-state index contributed by atoms with van der Waals surface area (Å²) in [5.41, 5.74) is 3.97. The number of hydrogen-bond acceptors (Lipinski definition) is 6. The lowest BCUT2D eigenvalue weighted by Gasteiger charge is -2.19. The van der Waals surface area contributed by atoms with Crippen LogP contribution in [0.2, 0.25) is 0 Å². The maximum absolute atomic E-state index is 12.7. The number of ether oxygens (including phenoxy) is 1. The molecule has 1 saturated heterocycles. The predicted octanol–water partition coefficient (Wildman–Crippen LogP) is 6.81. The number of hydrogen-bond donors (Lipinski definition) is 1. The Labute approximate surface area is 249 Å². The molecule has 2 heterocycles. The smallest absolute Gasteiger partial charge is 0.406 e. The first-order valence-electron chi connectivity index (χ1n) is 13.5. The van der Waals surface area contributed by atoms with Gasteiger partial charge in [-0.15, -0.1) is 18.3 Å². The van der Waals surface area contributed by atoms with E-state index in [4.69, 9.17) is 0 Å². The highest BCUT2D eigenvalue weighted by atomic mass is 32.2. The van der Waals surface area contributed by atoms with Gasteiger partial charge in [0.25, 0.3) is 5.24 Å². The Balaban J connectivity index is 1.20. The van der Waals surface area contributed by atoms with Gasteiger partial charge in [-0.1, -0.05) is 61.5 Å². The van der Waals surface area contributed by atoms with Crippen molar-refractivity contribution in [3.8, 4) is 22.8 Å². The van der Waals surface area contributed by atoms with Crippen LogP contribution in [-0.2, 0) is 12.8 Å². The van der Waals surface area contributed by atoms with E-state index in [1.165, 1.54) is 40.2 Å². The number of carbonyl (C=O) groups excluding carboxylic acids is 2. The number of anilines is 1. The molecule has 3 aromatic carbocycles. The molecule has 4 aromatic rings. The Bertz CT molecular complexity index is 1640. The highest BCUT2D eigenvalue weighted by Crippen LogP contribution is 2.31. The standard InChI is InChI=1S/C30H27F3N6O3S/c1-2-6-21-8-3-4-10-25(21)39-26(18-43-29(39)41)36-28(40)34-16-15-20-7-5-9-22(17-20)27-35-19-38(37-27)23-11-13-24(14-12-23)42-30(31,32)33/h3-5,7-14,17,19H,2,6,15-16,18H2,1H3,(H,34,40). The van der Waals surface area contributed by atoms with Crippen LogP contribution in [0.1, 0.15) is 24.5 Å². The number of alkyl halides is 3. The lowest BCUT2D eigenvalue weighted by atomic mass is 10.1. The molecule has 1 aliphatic rings. The number of nitrogens with zero attached hydrogens (tertiary/aromatic N) is 5. The minimum Gasteiger partial charge on any atom is -0.406 e. The van der Waals surface area contributed by atoms with Crippen molar-refractivity contribution in [1.29, 1.82) is 0 Å². The first-order valence-corrected chi connectivity index (χ1v) is 14.5. The number of nitrogens with one attached hydrogen (secondary N) is 1. The van der Waals surface area contributed by atoms with Crippen molar-refractivity contribution >= 4 is 34.6 Å². The SMILES string of the molecule is CCCc1ccccc1N1C(=O)SCC1=NC(=O)NCCc1cccc(-c2ncn(-c3ccc(OC(F)(F)F)cc3)n2)c1. The van der Waals surface area contributed by atoms with E-state index in [2.05, 4.69) is 32.1 Å². The average molecular weight is 609 g/mol. The number of amidine groups is 1. The quantitative estimate of drug-likeness (QED) is 0.224. The van der Waals surface area contributed by atoms with E-state index in [1.54, 1.807) is 0 Å². The van der Waals surface area contributed by atoms with Crippen LogP contribution in [0.15, 0.2) is 84.1 Å². The van der Waals surface area contributed by atoms with Gasteiger partial charge in [-0.2, -0.15) is 4.99 Å². The van der Waals surface area contributed by atoms with Crippen molar-refractivity contribution in [2.45, 2.75) is 32.5 Å². The van der Waals surface area contributed by atoms with Crippen LogP contribution in [0.4, 0.5) is 28.4 Å². The second-order valence-corrected chi connectivity index (χ2v) is 10.5. The zero-order valence-electron chi connectivity index (χ0n) is 23.0. The van der Waals surface area contributed by atoms with Gasteiger partial charge in [0.15, 0.2) is 5.82 Å². The van der Waals surface area contributed by atoms with Crippen LogP contribution in [0.25, 0.3) is 17.1 Å². The normalized spacial score (nSPS) is 14.4. The molecule has 0 radical (unpaired) electrons. The average Bonchev–Trinajstić information content (AvgIpc) is 3.61. The lowest BCUT2D eigenvalue weighted by Crippen LogP contribution is -2.32. The molecular weight excluding hydrogens is 581 g/mol. The zero-order valence-corrected chi connectivity index (χ0v) is 23.9. The van der Waals surface area contributed by atoms with Crippen molar-refractivity contribution in [3.63, 3.8) is 0 Å². The Morgan fingerprint density at radius 2 is 1.86 bits per heavy atom. The number of aromatic nitrogens is 3. The number of aryl methyl sites for hydroxylation is 1. The fraction of sp³-hybridized carbons (Fsp3) is 0.233. The molecule has 5 rings (SSSR count). The summed E-state index contributed by atoms with van der Waals surface area (Å²) in [6.07, 6.45) is -1.04. The van der Waals surface area contributed by atoms with E-state index in [9.17, 15) is 22.8 Å². The molecule has 3 amide bonds. The maximum Gasteiger partial charge on any atom is 0.573 e. The summed E-state index contributed by atoms with van der Waals surface area (Å²) in [5.74, 6) is 0.829. The highest BCUT2D eigenvalue weighted by Gasteiger charge is 2.32. The number of rotatable bonds is 9. The number of urea groups is 1. The molecule has 1 N–H and O–H groups in total. The molecule has 0 unspecified atom stereocenters. The molecule has 0 bridgehead atoms. The molecular formula is C30H27F3N6O3S. The van der Waals surface area contributed by atoms with E-state index < -0.39 is 12.4 Å². The van der Waals surface area contributed by atoms with E-state index in [1.807, 2.05) is 48.5 Å². The number of amides is 3. The third-order valence-electron chi connectivity index (χ3n) is 6.45. The Morgan fingerprint density at radius 3 is 2.63 bits per heavy atom. The van der Waals surface area contributed by atoms with Gasteiger partial charge < -0.3 is 10.1 Å². The third kappa shape index (κ3) is 7.60. The summed E-state index contributed by atoms with van der Waals surface area (Å²) in [4.78, 5) is 35.4. The second-order valence-electron chi connectivity index (χ2n) is 9.53. The van der Waals surface area contributed by atoms with Gasteiger partial charge in [0, 0.05) is 12.1 Å². The number of carbonyl (C=O) groups is 2. The fourth-order valence-corrected chi connectivity index (χ4v) is 5.33. The third-order valence-corrected chi connectivity index (χ3v) is 7.28. The van der Waals surface area contributed by atoms with Gasteiger partial charge in [0.2, 0.25) is 0 Å². The summed E-state index contributed by atoms with van der Waals surface area (Å²) >= 11 is 1.12. The minimum absolute atomic E-state index is 0.157. The van der Waals surface area contributed by atoms with Gasteiger partial charge in [0.05, 0.1) is 17.1 Å². The van der Waals surface area contributed by atoms with Crippen LogP contribution < -0.4 is 15.0 Å². The molecule has 13 heteroatoms. The van der Waals surface area contributed by atoms with Crippen molar-refractivity contribution in [1.82, 2.24) is 20.1 Å². The molecule has 0 atom stereocenters. The summed E-state index contributed by atoms with van der Waals surface area (Å²) in [6, 6.07) is 19.9. The molecule has 0 aliphatic carbocycles.